The lowest BCUT2D eigenvalue weighted by Crippen LogP contribution is -2.36. The molecule has 16 heavy (non-hydrogen) atoms. The molecule has 0 radical (unpaired) electrons. The lowest BCUT2D eigenvalue weighted by Gasteiger charge is -2.27. The molecular weight excluding hydrogens is 210 g/mol. The van der Waals surface area contributed by atoms with Gasteiger partial charge in [0.05, 0.1) is 12.2 Å². The SMILES string of the molecule is CCN(CC)C(=O)OCC1CC(O)CCO1. The monoisotopic (exact) mass is 231 g/mol. The molecule has 1 N–H and O–H groups in total. The highest BCUT2D eigenvalue weighted by molar-refractivity contribution is 5.67. The number of carbonyl (C=O) groups excluding carboxylic acids is 1. The molecule has 1 heterocycles. The van der Waals surface area contributed by atoms with E-state index in [9.17, 15) is 9.90 Å². The first-order chi connectivity index (χ1) is 7.67. The second-order valence-corrected chi connectivity index (χ2v) is 3.92. The highest BCUT2D eigenvalue weighted by Gasteiger charge is 2.22. The third-order valence-corrected chi connectivity index (χ3v) is 2.75. The molecule has 1 aliphatic heterocycles. The van der Waals surface area contributed by atoms with E-state index in [2.05, 4.69) is 0 Å². The Morgan fingerprint density at radius 2 is 2.19 bits per heavy atom. The van der Waals surface area contributed by atoms with Crippen molar-refractivity contribution in [1.82, 2.24) is 4.90 Å². The summed E-state index contributed by atoms with van der Waals surface area (Å²) in [6.45, 7) is 5.87. The first-order valence-corrected chi connectivity index (χ1v) is 5.88. The number of carbonyl (C=O) groups is 1. The molecule has 94 valence electrons. The number of hydrogen-bond acceptors (Lipinski definition) is 4. The second kappa shape index (κ2) is 6.70. The molecule has 0 saturated carbocycles. The fraction of sp³-hybridized carbons (Fsp3) is 0.909. The lowest BCUT2D eigenvalue weighted by atomic mass is 10.1. The minimum atomic E-state index is -0.328. The lowest BCUT2D eigenvalue weighted by molar-refractivity contribution is -0.0690. The largest absolute Gasteiger partial charge is 0.447 e. The van der Waals surface area contributed by atoms with E-state index < -0.39 is 0 Å². The molecule has 1 fully saturated rings. The number of aliphatic hydroxyl groups excluding tert-OH is 1. The predicted octanol–water partition coefficient (Wildman–Crippen LogP) is 1.00. The summed E-state index contributed by atoms with van der Waals surface area (Å²) in [5, 5.41) is 9.42. The van der Waals surface area contributed by atoms with Crippen molar-refractivity contribution < 1.29 is 19.4 Å². The molecular formula is C11H21NO4. The zero-order valence-electron chi connectivity index (χ0n) is 10.0. The minimum Gasteiger partial charge on any atom is -0.447 e. The molecule has 0 bridgehead atoms. The summed E-state index contributed by atoms with van der Waals surface area (Å²) in [5.74, 6) is 0. The van der Waals surface area contributed by atoms with Crippen molar-refractivity contribution in [1.29, 1.82) is 0 Å². The third kappa shape index (κ3) is 3.98. The smallest absolute Gasteiger partial charge is 0.409 e. The van der Waals surface area contributed by atoms with E-state index in [0.717, 1.165) is 0 Å². The first kappa shape index (κ1) is 13.3. The normalized spacial score (nSPS) is 25.2. The van der Waals surface area contributed by atoms with Crippen LogP contribution < -0.4 is 0 Å². The maximum Gasteiger partial charge on any atom is 0.409 e. The van der Waals surface area contributed by atoms with Gasteiger partial charge in [0.1, 0.15) is 6.61 Å². The van der Waals surface area contributed by atoms with E-state index >= 15 is 0 Å². The van der Waals surface area contributed by atoms with Crippen LogP contribution in [0.3, 0.4) is 0 Å². The summed E-state index contributed by atoms with van der Waals surface area (Å²) in [6, 6.07) is 0. The second-order valence-electron chi connectivity index (χ2n) is 3.92. The van der Waals surface area contributed by atoms with E-state index in [1.165, 1.54) is 0 Å². The summed E-state index contributed by atoms with van der Waals surface area (Å²) >= 11 is 0. The van der Waals surface area contributed by atoms with Crippen LogP contribution in [0.2, 0.25) is 0 Å². The van der Waals surface area contributed by atoms with Crippen molar-refractivity contribution in [3.05, 3.63) is 0 Å². The highest BCUT2D eigenvalue weighted by Crippen LogP contribution is 2.14. The molecule has 0 aliphatic carbocycles. The Kier molecular flexibility index (Phi) is 5.55. The Balaban J connectivity index is 2.25. The molecule has 0 aromatic heterocycles. The van der Waals surface area contributed by atoms with Gasteiger partial charge in [-0.15, -0.1) is 0 Å². The average molecular weight is 231 g/mol. The van der Waals surface area contributed by atoms with E-state index in [0.29, 0.717) is 32.5 Å². The van der Waals surface area contributed by atoms with E-state index in [4.69, 9.17) is 9.47 Å². The summed E-state index contributed by atoms with van der Waals surface area (Å²) in [6.07, 6.45) is 0.411. The van der Waals surface area contributed by atoms with Crippen LogP contribution in [-0.4, -0.2) is 54.6 Å². The van der Waals surface area contributed by atoms with Crippen molar-refractivity contribution in [2.75, 3.05) is 26.3 Å². The Morgan fingerprint density at radius 3 is 2.75 bits per heavy atom. The van der Waals surface area contributed by atoms with Gasteiger partial charge in [-0.05, 0) is 20.3 Å². The van der Waals surface area contributed by atoms with Gasteiger partial charge < -0.3 is 19.5 Å². The zero-order chi connectivity index (χ0) is 12.0. The van der Waals surface area contributed by atoms with E-state index in [1.54, 1.807) is 4.90 Å². The Bertz CT molecular complexity index is 218. The predicted molar refractivity (Wildman–Crippen MR) is 59.2 cm³/mol. The van der Waals surface area contributed by atoms with Gasteiger partial charge in [-0.25, -0.2) is 4.79 Å². The van der Waals surface area contributed by atoms with E-state index in [-0.39, 0.29) is 24.9 Å². The summed E-state index contributed by atoms with van der Waals surface area (Å²) in [4.78, 5) is 13.1. The maximum atomic E-state index is 11.5. The number of nitrogens with zero attached hydrogens (tertiary/aromatic N) is 1. The van der Waals surface area contributed by atoms with E-state index in [1.807, 2.05) is 13.8 Å². The quantitative estimate of drug-likeness (QED) is 0.784. The van der Waals surface area contributed by atoms with Gasteiger partial charge in [-0.2, -0.15) is 0 Å². The maximum absolute atomic E-state index is 11.5. The molecule has 5 heteroatoms. The van der Waals surface area contributed by atoms with Gasteiger partial charge >= 0.3 is 6.09 Å². The minimum absolute atomic E-state index is 0.164. The zero-order valence-corrected chi connectivity index (χ0v) is 10.0. The molecule has 0 spiro atoms. The molecule has 2 atom stereocenters. The van der Waals surface area contributed by atoms with Gasteiger partial charge in [0.25, 0.3) is 0 Å². The number of rotatable bonds is 4. The van der Waals surface area contributed by atoms with Crippen molar-refractivity contribution in [2.45, 2.75) is 38.9 Å². The topological polar surface area (TPSA) is 59.0 Å². The Labute approximate surface area is 96.3 Å². The van der Waals surface area contributed by atoms with Gasteiger partial charge in [-0.1, -0.05) is 0 Å². The number of ether oxygens (including phenoxy) is 2. The fourth-order valence-electron chi connectivity index (χ4n) is 1.71. The van der Waals surface area contributed by atoms with Crippen LogP contribution >= 0.6 is 0 Å². The number of amides is 1. The van der Waals surface area contributed by atoms with Gasteiger partial charge in [0.15, 0.2) is 0 Å². The third-order valence-electron chi connectivity index (χ3n) is 2.75. The van der Waals surface area contributed by atoms with Gasteiger partial charge in [0.2, 0.25) is 0 Å². The summed E-state index contributed by atoms with van der Waals surface area (Å²) in [7, 11) is 0. The van der Waals surface area contributed by atoms with Crippen LogP contribution in [0.5, 0.6) is 0 Å². The van der Waals surface area contributed by atoms with Crippen LogP contribution in [0.4, 0.5) is 4.79 Å². The Hall–Kier alpha value is -0.810. The fourth-order valence-corrected chi connectivity index (χ4v) is 1.71. The summed E-state index contributed by atoms with van der Waals surface area (Å²) in [5.41, 5.74) is 0. The Morgan fingerprint density at radius 1 is 1.50 bits per heavy atom. The molecule has 1 amide bonds. The van der Waals surface area contributed by atoms with Crippen molar-refractivity contribution in [3.63, 3.8) is 0 Å². The molecule has 2 unspecified atom stereocenters. The van der Waals surface area contributed by atoms with Gasteiger partial charge in [0, 0.05) is 26.1 Å². The number of aliphatic hydroxyl groups is 1. The number of hydrogen-bond donors (Lipinski definition) is 1. The molecule has 1 aliphatic rings. The molecule has 0 aromatic carbocycles. The standard InChI is InChI=1S/C11H21NO4/c1-3-12(4-2)11(14)16-8-10-7-9(13)5-6-15-10/h9-10,13H,3-8H2,1-2H3. The average Bonchev–Trinajstić information content (AvgIpc) is 2.28. The first-order valence-electron chi connectivity index (χ1n) is 5.88. The van der Waals surface area contributed by atoms with Crippen molar-refractivity contribution in [3.8, 4) is 0 Å². The van der Waals surface area contributed by atoms with Crippen molar-refractivity contribution in [2.24, 2.45) is 0 Å². The molecule has 1 saturated heterocycles. The summed E-state index contributed by atoms with van der Waals surface area (Å²) < 4.78 is 10.5. The molecule has 0 aromatic rings. The van der Waals surface area contributed by atoms with Gasteiger partial charge in [-0.3, -0.25) is 0 Å². The molecule has 1 rings (SSSR count). The molecule has 5 nitrogen and oxygen atoms in total. The van der Waals surface area contributed by atoms with Crippen LogP contribution in [0.1, 0.15) is 26.7 Å². The van der Waals surface area contributed by atoms with Crippen LogP contribution in [0.25, 0.3) is 0 Å². The van der Waals surface area contributed by atoms with Crippen LogP contribution in [-0.2, 0) is 9.47 Å². The van der Waals surface area contributed by atoms with Crippen LogP contribution in [0.15, 0.2) is 0 Å². The van der Waals surface area contributed by atoms with Crippen molar-refractivity contribution >= 4 is 6.09 Å². The highest BCUT2D eigenvalue weighted by atomic mass is 16.6. The van der Waals surface area contributed by atoms with Crippen LogP contribution in [0, 0.1) is 0 Å².